The molecular weight excluding hydrogens is 544 g/mol. The molecule has 2 heterocycles. The summed E-state index contributed by atoms with van der Waals surface area (Å²) in [4.78, 5) is 0. The molecule has 1 aliphatic carbocycles. The number of allylic oxidation sites excluding steroid dienone is 8. The van der Waals surface area contributed by atoms with E-state index in [1.165, 1.54) is 53.5 Å². The lowest BCUT2D eigenvalue weighted by molar-refractivity contribution is -0.229. The molecule has 1 saturated carbocycles. The van der Waals surface area contributed by atoms with Crippen molar-refractivity contribution in [2.45, 2.75) is 164 Å². The highest BCUT2D eigenvalue weighted by Gasteiger charge is 2.48. The number of fused-ring (bicyclic) bond motifs is 3. The lowest BCUT2D eigenvalue weighted by Gasteiger charge is -2.54. The van der Waals surface area contributed by atoms with Crippen LogP contribution in [0.5, 0.6) is 0 Å². The van der Waals surface area contributed by atoms with Crippen LogP contribution >= 0.6 is 0 Å². The fraction of sp³-hybridized carbons (Fsp3) is 0.700. The maximum absolute atomic E-state index is 9.49. The molecule has 3 fully saturated rings. The van der Waals surface area contributed by atoms with E-state index in [0.29, 0.717) is 0 Å². The molecule has 0 aromatic carbocycles. The van der Waals surface area contributed by atoms with Crippen LogP contribution in [0, 0.1) is 5.92 Å². The zero-order valence-corrected chi connectivity index (χ0v) is 31.0. The quantitative estimate of drug-likeness (QED) is 0.191. The molecule has 0 aromatic heterocycles. The predicted molar refractivity (Wildman–Crippen MR) is 194 cm³/mol. The number of hydrogen-bond acceptors (Lipinski definition) is 4. The molecule has 0 radical (unpaired) electrons. The van der Waals surface area contributed by atoms with E-state index in [4.69, 9.17) is 14.9 Å². The Balaban J connectivity index is 0. The third-order valence-electron chi connectivity index (χ3n) is 8.24. The molecule has 3 rings (SSSR count). The van der Waals surface area contributed by atoms with Crippen LogP contribution in [0.15, 0.2) is 70.9 Å². The third kappa shape index (κ3) is 24.6. The van der Waals surface area contributed by atoms with Crippen molar-refractivity contribution in [3.8, 4) is 0 Å². The summed E-state index contributed by atoms with van der Waals surface area (Å²) >= 11 is 0. The average Bonchev–Trinajstić information content (AvgIpc) is 2.89. The number of ether oxygens (including phenoxy) is 1. The van der Waals surface area contributed by atoms with Crippen LogP contribution in [0.3, 0.4) is 0 Å². The molecule has 2 aliphatic heterocycles. The largest absolute Gasteiger partial charge is 0.392 e. The highest BCUT2D eigenvalue weighted by atomic mass is 16.5. The van der Waals surface area contributed by atoms with Crippen molar-refractivity contribution in [1.82, 2.24) is 0 Å². The first-order chi connectivity index (χ1) is 20.3. The van der Waals surface area contributed by atoms with Gasteiger partial charge in [-0.05, 0) is 153 Å². The van der Waals surface area contributed by atoms with Crippen molar-refractivity contribution in [2.24, 2.45) is 5.92 Å². The molecule has 4 heteroatoms. The summed E-state index contributed by atoms with van der Waals surface area (Å²) in [5.74, 6) is 0.823. The first-order valence-electron chi connectivity index (χ1n) is 16.8. The minimum atomic E-state index is -0.702. The average molecular weight is 617 g/mol. The topological polar surface area (TPSA) is 69.9 Å². The molecular formula is C40H72O4. The Morgan fingerprint density at radius 2 is 1.11 bits per heavy atom. The molecule has 256 valence electrons. The zero-order chi connectivity index (χ0) is 34.4. The Bertz CT molecular complexity index is 882. The van der Waals surface area contributed by atoms with Crippen LogP contribution in [-0.4, -0.2) is 45.3 Å². The number of rotatable bonds is 12. The van der Waals surface area contributed by atoms with E-state index in [0.717, 1.165) is 44.4 Å². The van der Waals surface area contributed by atoms with E-state index in [9.17, 15) is 5.11 Å². The summed E-state index contributed by atoms with van der Waals surface area (Å²) in [6, 6.07) is 0. The van der Waals surface area contributed by atoms with Gasteiger partial charge in [0.15, 0.2) is 0 Å². The zero-order valence-electron chi connectivity index (χ0n) is 31.0. The highest BCUT2D eigenvalue weighted by Crippen LogP contribution is 2.49. The lowest BCUT2D eigenvalue weighted by Crippen LogP contribution is -2.53. The summed E-state index contributed by atoms with van der Waals surface area (Å²) < 4.78 is 6.06. The Morgan fingerprint density at radius 1 is 0.727 bits per heavy atom. The minimum Gasteiger partial charge on any atom is -0.392 e. The van der Waals surface area contributed by atoms with Crippen LogP contribution in [0.2, 0.25) is 0 Å². The first-order valence-corrected chi connectivity index (χ1v) is 16.8. The summed E-state index contributed by atoms with van der Waals surface area (Å²) in [5, 5.41) is 26.6. The minimum absolute atomic E-state index is 0.158. The fourth-order valence-electron chi connectivity index (χ4n) is 5.19. The molecule has 44 heavy (non-hydrogen) atoms. The molecule has 0 amide bonds. The summed E-state index contributed by atoms with van der Waals surface area (Å²) in [6.45, 7) is 29.1. The van der Waals surface area contributed by atoms with Crippen LogP contribution in [0.4, 0.5) is 0 Å². The van der Waals surface area contributed by atoms with E-state index in [-0.39, 0.29) is 24.4 Å². The standard InChI is InChI=1S/4C10H18O/c1-9(2)8-4-6-10(3,11-9)7-5-8;2*1-9(2)5-4-6-10(3)7-8-11;1-5-10(4,11)8-6-7-9(2)3/h8H,4-7H2,1-3H3;2*5,7,11H,4,6,8H2,1-3H3;5,7,11H,1,6,8H2,2-4H3/b;10-7+;10-7-;. The Hall–Kier alpha value is -1.72. The summed E-state index contributed by atoms with van der Waals surface area (Å²) in [6.07, 6.45) is 23.1. The number of aliphatic hydroxyl groups is 3. The van der Waals surface area contributed by atoms with Crippen molar-refractivity contribution in [3.05, 3.63) is 70.9 Å². The van der Waals surface area contributed by atoms with Crippen molar-refractivity contribution in [3.63, 3.8) is 0 Å². The second kappa shape index (κ2) is 23.6. The van der Waals surface area contributed by atoms with Crippen molar-refractivity contribution in [2.75, 3.05) is 13.2 Å². The van der Waals surface area contributed by atoms with Gasteiger partial charge in [-0.3, -0.25) is 0 Å². The van der Waals surface area contributed by atoms with Gasteiger partial charge in [0.25, 0.3) is 0 Å². The monoisotopic (exact) mass is 617 g/mol. The van der Waals surface area contributed by atoms with Gasteiger partial charge in [-0.15, -0.1) is 6.58 Å². The smallest absolute Gasteiger partial charge is 0.0800 e. The molecule has 2 bridgehead atoms. The lowest BCUT2D eigenvalue weighted by atomic mass is 9.69. The van der Waals surface area contributed by atoms with Gasteiger partial charge < -0.3 is 20.1 Å². The Kier molecular flexibility index (Phi) is 23.8. The van der Waals surface area contributed by atoms with Crippen molar-refractivity contribution < 1.29 is 20.1 Å². The van der Waals surface area contributed by atoms with E-state index < -0.39 is 5.60 Å². The fourth-order valence-corrected chi connectivity index (χ4v) is 5.19. The van der Waals surface area contributed by atoms with Gasteiger partial charge in [0.1, 0.15) is 0 Å². The molecule has 0 aromatic rings. The van der Waals surface area contributed by atoms with Crippen LogP contribution in [0.1, 0.15) is 147 Å². The van der Waals surface area contributed by atoms with Crippen LogP contribution < -0.4 is 0 Å². The Morgan fingerprint density at radius 3 is 1.39 bits per heavy atom. The Labute approximate surface area is 273 Å². The molecule has 1 atom stereocenters. The second-order valence-corrected chi connectivity index (χ2v) is 14.4. The van der Waals surface area contributed by atoms with E-state index in [1.54, 1.807) is 13.0 Å². The normalized spacial score (nSPS) is 21.5. The highest BCUT2D eigenvalue weighted by molar-refractivity contribution is 5.03. The predicted octanol–water partition coefficient (Wildman–Crippen LogP) is 10.8. The molecule has 3 N–H and O–H groups in total. The van der Waals surface area contributed by atoms with Crippen molar-refractivity contribution >= 4 is 0 Å². The number of hydrogen-bond donors (Lipinski definition) is 3. The van der Waals surface area contributed by atoms with Gasteiger partial charge in [0.05, 0.1) is 30.0 Å². The molecule has 0 spiro atoms. The molecule has 3 aliphatic rings. The maximum Gasteiger partial charge on any atom is 0.0800 e. The summed E-state index contributed by atoms with van der Waals surface area (Å²) in [5.41, 5.74) is 6.23. The van der Waals surface area contributed by atoms with Crippen LogP contribution in [-0.2, 0) is 4.74 Å². The maximum atomic E-state index is 9.49. The molecule has 2 saturated heterocycles. The van der Waals surface area contributed by atoms with Gasteiger partial charge in [-0.1, -0.05) is 64.3 Å². The van der Waals surface area contributed by atoms with Gasteiger partial charge in [-0.25, -0.2) is 0 Å². The van der Waals surface area contributed by atoms with Crippen LogP contribution in [0.25, 0.3) is 0 Å². The SMILES string of the molecule is C=CC(C)(O)CCC=C(C)C.CC(C)=CCC/C(C)=C/CO.CC(C)=CCC/C(C)=C\CO.CC12CCC(CC1)C(C)(C)O2. The van der Waals surface area contributed by atoms with Gasteiger partial charge in [0.2, 0.25) is 0 Å². The molecule has 4 nitrogen and oxygen atoms in total. The third-order valence-corrected chi connectivity index (χ3v) is 8.24. The second-order valence-electron chi connectivity index (χ2n) is 14.4. The first kappa shape index (κ1) is 44.4. The van der Waals surface area contributed by atoms with E-state index in [2.05, 4.69) is 101 Å². The van der Waals surface area contributed by atoms with Gasteiger partial charge >= 0.3 is 0 Å². The van der Waals surface area contributed by atoms with Crippen molar-refractivity contribution in [1.29, 1.82) is 0 Å². The van der Waals surface area contributed by atoms with Gasteiger partial charge in [-0.2, -0.15) is 0 Å². The number of aliphatic hydroxyl groups excluding tert-OH is 2. The summed E-state index contributed by atoms with van der Waals surface area (Å²) in [7, 11) is 0. The van der Waals surface area contributed by atoms with E-state index >= 15 is 0 Å². The molecule has 1 unspecified atom stereocenters. The van der Waals surface area contributed by atoms with E-state index in [1.807, 2.05) is 12.2 Å². The van der Waals surface area contributed by atoms with Gasteiger partial charge in [0, 0.05) is 0 Å².